The number of aryl methyl sites for hydroxylation is 2. The van der Waals surface area contributed by atoms with Crippen molar-refractivity contribution in [3.63, 3.8) is 0 Å². The molecule has 3 aromatic rings. The molecule has 2 N–H and O–H groups in total. The van der Waals surface area contributed by atoms with Crippen LogP contribution in [0.3, 0.4) is 0 Å². The van der Waals surface area contributed by atoms with Gasteiger partial charge in [-0.1, -0.05) is 0 Å². The first kappa shape index (κ1) is 19.2. The molecule has 0 spiro atoms. The zero-order valence-electron chi connectivity index (χ0n) is 15.7. The summed E-state index contributed by atoms with van der Waals surface area (Å²) in [7, 11) is 3.83. The first-order valence-electron chi connectivity index (χ1n) is 8.59. The van der Waals surface area contributed by atoms with Crippen LogP contribution in [0, 0.1) is 13.8 Å². The number of benzene rings is 2. The highest BCUT2D eigenvalue weighted by molar-refractivity contribution is 6.27. The van der Waals surface area contributed by atoms with Gasteiger partial charge in [-0.3, -0.25) is 14.5 Å². The van der Waals surface area contributed by atoms with Gasteiger partial charge in [-0.05, 0) is 57.3 Å². The molecule has 1 aliphatic rings. The number of phenolic OH excluding ortho intramolecular Hbond substituents is 1. The molecule has 0 bridgehead atoms. The number of carbonyl (C=O) groups is 2. The van der Waals surface area contributed by atoms with Crippen molar-refractivity contribution in [3.05, 3.63) is 40.5 Å². The minimum absolute atomic E-state index is 0. The van der Waals surface area contributed by atoms with Crippen LogP contribution in [-0.4, -0.2) is 58.9 Å². The summed E-state index contributed by atoms with van der Waals surface area (Å²) >= 11 is 0. The average Bonchev–Trinajstić information content (AvgIpc) is 3.07. The van der Waals surface area contributed by atoms with Crippen LogP contribution >= 0.6 is 12.4 Å². The number of phenols is 1. The molecule has 0 fully saturated rings. The first-order chi connectivity index (χ1) is 12.3. The number of nitrogens with zero attached hydrogens (tertiary/aromatic N) is 2. The number of nitrogens with one attached hydrogen (secondary N) is 1. The molecular weight excluding hydrogens is 366 g/mol. The number of aromatic nitrogens is 1. The van der Waals surface area contributed by atoms with Gasteiger partial charge in [0, 0.05) is 29.4 Å². The Hall–Kier alpha value is -2.57. The Morgan fingerprint density at radius 1 is 1.07 bits per heavy atom. The molecule has 0 atom stereocenters. The van der Waals surface area contributed by atoms with Crippen LogP contribution < -0.4 is 0 Å². The fraction of sp³-hybridized carbons (Fsp3) is 0.300. The van der Waals surface area contributed by atoms with Crippen LogP contribution in [0.25, 0.3) is 21.8 Å². The molecule has 0 saturated carbocycles. The first-order valence-corrected chi connectivity index (χ1v) is 8.59. The van der Waals surface area contributed by atoms with E-state index >= 15 is 0 Å². The highest BCUT2D eigenvalue weighted by Crippen LogP contribution is 2.39. The molecule has 2 aromatic carbocycles. The maximum atomic E-state index is 13.0. The molecule has 0 unspecified atom stereocenters. The Labute approximate surface area is 163 Å². The van der Waals surface area contributed by atoms with Crippen molar-refractivity contribution in [1.29, 1.82) is 0 Å². The van der Waals surface area contributed by atoms with E-state index in [0.717, 1.165) is 32.9 Å². The van der Waals surface area contributed by atoms with Gasteiger partial charge in [0.2, 0.25) is 0 Å². The van der Waals surface area contributed by atoms with Gasteiger partial charge in [0.25, 0.3) is 11.8 Å². The van der Waals surface area contributed by atoms with Gasteiger partial charge in [-0.25, -0.2) is 0 Å². The predicted octanol–water partition coefficient (Wildman–Crippen LogP) is 3.22. The van der Waals surface area contributed by atoms with E-state index in [1.165, 1.54) is 4.90 Å². The third-order valence-corrected chi connectivity index (χ3v) is 5.22. The Morgan fingerprint density at radius 2 is 1.70 bits per heavy atom. The fourth-order valence-electron chi connectivity index (χ4n) is 3.88. The molecule has 0 aliphatic carbocycles. The second-order valence-corrected chi connectivity index (χ2v) is 7.17. The summed E-state index contributed by atoms with van der Waals surface area (Å²) in [5.74, 6) is -0.286. The third kappa shape index (κ3) is 2.67. The van der Waals surface area contributed by atoms with Gasteiger partial charge in [-0.2, -0.15) is 0 Å². The molecule has 4 rings (SSSR count). The minimum Gasteiger partial charge on any atom is -0.508 e. The summed E-state index contributed by atoms with van der Waals surface area (Å²) in [6, 6.07) is 5.12. The minimum atomic E-state index is -0.233. The van der Waals surface area contributed by atoms with E-state index in [9.17, 15) is 14.7 Å². The largest absolute Gasteiger partial charge is 0.508 e. The molecular formula is C20H22ClN3O3. The number of hydrogen-bond acceptors (Lipinski definition) is 4. The lowest BCUT2D eigenvalue weighted by Gasteiger charge is -2.17. The van der Waals surface area contributed by atoms with Gasteiger partial charge >= 0.3 is 0 Å². The zero-order chi connectivity index (χ0) is 18.7. The summed E-state index contributed by atoms with van der Waals surface area (Å²) in [5, 5.41) is 11.6. The van der Waals surface area contributed by atoms with Crippen LogP contribution in [0.4, 0.5) is 0 Å². The average molecular weight is 388 g/mol. The van der Waals surface area contributed by atoms with Gasteiger partial charge in [0.1, 0.15) is 5.75 Å². The number of halogens is 1. The Morgan fingerprint density at radius 3 is 2.33 bits per heavy atom. The highest BCUT2D eigenvalue weighted by atomic mass is 35.5. The molecule has 142 valence electrons. The van der Waals surface area contributed by atoms with Crippen molar-refractivity contribution >= 4 is 46.0 Å². The number of hydrogen-bond donors (Lipinski definition) is 2. The van der Waals surface area contributed by atoms with E-state index < -0.39 is 0 Å². The number of aromatic hydroxyl groups is 1. The van der Waals surface area contributed by atoms with Crippen molar-refractivity contribution in [2.45, 2.75) is 13.8 Å². The fourth-order valence-corrected chi connectivity index (χ4v) is 3.88. The van der Waals surface area contributed by atoms with Gasteiger partial charge in [0.05, 0.1) is 16.6 Å². The maximum absolute atomic E-state index is 13.0. The van der Waals surface area contributed by atoms with Crippen molar-refractivity contribution in [1.82, 2.24) is 14.8 Å². The SMILES string of the molecule is Cc1c2c(c(C)c3c1[nH]c1ccc(O)cc13)C(=O)N(CCN(C)C)C2=O.Cl. The van der Waals surface area contributed by atoms with Gasteiger partial charge in [0.15, 0.2) is 0 Å². The summed E-state index contributed by atoms with van der Waals surface area (Å²) in [5.41, 5.74) is 4.26. The molecule has 27 heavy (non-hydrogen) atoms. The highest BCUT2D eigenvalue weighted by Gasteiger charge is 2.39. The zero-order valence-corrected chi connectivity index (χ0v) is 16.5. The smallest absolute Gasteiger partial charge is 0.261 e. The lowest BCUT2D eigenvalue weighted by Crippen LogP contribution is -2.36. The van der Waals surface area contributed by atoms with Crippen molar-refractivity contribution in [2.75, 3.05) is 27.2 Å². The van der Waals surface area contributed by atoms with Crippen LogP contribution in [-0.2, 0) is 0 Å². The monoisotopic (exact) mass is 387 g/mol. The van der Waals surface area contributed by atoms with E-state index in [4.69, 9.17) is 0 Å². The number of carbonyl (C=O) groups excluding carboxylic acids is 2. The van der Waals surface area contributed by atoms with Crippen LogP contribution in [0.1, 0.15) is 31.8 Å². The summed E-state index contributed by atoms with van der Waals surface area (Å²) in [4.78, 5) is 32.6. The van der Waals surface area contributed by atoms with Crippen molar-refractivity contribution < 1.29 is 14.7 Å². The quantitative estimate of drug-likeness (QED) is 0.676. The lowest BCUT2D eigenvalue weighted by atomic mass is 9.94. The number of likely N-dealkylation sites (N-methyl/N-ethyl adjacent to an activating group) is 1. The van der Waals surface area contributed by atoms with Crippen LogP contribution in [0.5, 0.6) is 5.75 Å². The number of rotatable bonds is 3. The number of fused-ring (bicyclic) bond motifs is 4. The van der Waals surface area contributed by atoms with E-state index in [0.29, 0.717) is 24.2 Å². The predicted molar refractivity (Wildman–Crippen MR) is 108 cm³/mol. The Kier molecular flexibility index (Phi) is 4.66. The molecule has 2 amide bonds. The molecule has 0 radical (unpaired) electrons. The normalized spacial score (nSPS) is 13.7. The van der Waals surface area contributed by atoms with Crippen molar-refractivity contribution in [3.8, 4) is 5.75 Å². The van der Waals surface area contributed by atoms with Gasteiger partial charge < -0.3 is 15.0 Å². The Bertz CT molecular complexity index is 1100. The summed E-state index contributed by atoms with van der Waals surface area (Å²) < 4.78 is 0. The molecule has 0 saturated heterocycles. The second kappa shape index (κ2) is 6.55. The van der Waals surface area contributed by atoms with E-state index in [1.807, 2.05) is 38.9 Å². The second-order valence-electron chi connectivity index (χ2n) is 7.17. The van der Waals surface area contributed by atoms with Crippen LogP contribution in [0.15, 0.2) is 18.2 Å². The standard InChI is InChI=1S/C20H21N3O3.ClH/c1-10-15-13-9-12(24)5-6-14(13)21-18(15)11(2)17-16(10)19(25)23(20(17)26)8-7-22(3)4;/h5-6,9,21,24H,7-8H2,1-4H3;1H. The molecule has 1 aromatic heterocycles. The van der Waals surface area contributed by atoms with Gasteiger partial charge in [-0.15, -0.1) is 12.4 Å². The molecule has 6 nitrogen and oxygen atoms in total. The Balaban J connectivity index is 0.00000210. The third-order valence-electron chi connectivity index (χ3n) is 5.22. The number of H-pyrrole nitrogens is 1. The van der Waals surface area contributed by atoms with E-state index in [-0.39, 0.29) is 30.0 Å². The summed E-state index contributed by atoms with van der Waals surface area (Å²) in [6.07, 6.45) is 0. The molecule has 7 heteroatoms. The number of aromatic amines is 1. The number of imide groups is 1. The topological polar surface area (TPSA) is 76.6 Å². The summed E-state index contributed by atoms with van der Waals surface area (Å²) in [6.45, 7) is 4.74. The molecule has 1 aliphatic heterocycles. The molecule has 2 heterocycles. The van der Waals surface area contributed by atoms with Crippen molar-refractivity contribution in [2.24, 2.45) is 0 Å². The van der Waals surface area contributed by atoms with E-state index in [1.54, 1.807) is 12.1 Å². The van der Waals surface area contributed by atoms with Crippen LogP contribution in [0.2, 0.25) is 0 Å². The van der Waals surface area contributed by atoms with E-state index in [2.05, 4.69) is 4.98 Å². The lowest BCUT2D eigenvalue weighted by molar-refractivity contribution is 0.0644. The number of amides is 2. The maximum Gasteiger partial charge on any atom is 0.261 e.